The van der Waals surface area contributed by atoms with Crippen LogP contribution in [-0.2, 0) is 4.79 Å². The van der Waals surface area contributed by atoms with E-state index in [1.165, 1.54) is 4.90 Å². The first-order valence-corrected chi connectivity index (χ1v) is 7.74. The molecule has 1 aromatic rings. The molecule has 1 fully saturated rings. The summed E-state index contributed by atoms with van der Waals surface area (Å²) in [5.41, 5.74) is 4.96. The van der Waals surface area contributed by atoms with Crippen molar-refractivity contribution in [2.24, 2.45) is 5.73 Å². The van der Waals surface area contributed by atoms with Crippen molar-refractivity contribution in [3.63, 3.8) is 0 Å². The highest BCUT2D eigenvalue weighted by atomic mass is 32.2. The lowest BCUT2D eigenvalue weighted by Gasteiger charge is -2.27. The highest BCUT2D eigenvalue weighted by Crippen LogP contribution is 2.27. The number of primary amides is 1. The maximum Gasteiger partial charge on any atom is 0.237 e. The summed E-state index contributed by atoms with van der Waals surface area (Å²) in [6.45, 7) is 3.88. The van der Waals surface area contributed by atoms with Gasteiger partial charge in [-0.05, 0) is 51.3 Å². The molecule has 0 radical (unpaired) electrons. The van der Waals surface area contributed by atoms with E-state index in [2.05, 4.69) is 5.32 Å². The summed E-state index contributed by atoms with van der Waals surface area (Å²) < 4.78 is 5.25. The van der Waals surface area contributed by atoms with Crippen LogP contribution in [0.1, 0.15) is 38.4 Å². The van der Waals surface area contributed by atoms with E-state index in [0.717, 1.165) is 37.2 Å². The highest BCUT2D eigenvalue weighted by Gasteiger charge is 2.36. The minimum atomic E-state index is -0.562. The number of hydrogen-bond donors (Lipinski definition) is 2. The third-order valence-electron chi connectivity index (χ3n) is 3.53. The molecule has 2 rings (SSSR count). The molecule has 0 bridgehead atoms. The van der Waals surface area contributed by atoms with E-state index in [4.69, 9.17) is 10.2 Å². The van der Waals surface area contributed by atoms with Gasteiger partial charge in [0.05, 0.1) is 11.8 Å². The second kappa shape index (κ2) is 6.01. The Labute approximate surface area is 118 Å². The predicted molar refractivity (Wildman–Crippen MR) is 77.2 cm³/mol. The van der Waals surface area contributed by atoms with Crippen molar-refractivity contribution >= 4 is 17.7 Å². The summed E-state index contributed by atoms with van der Waals surface area (Å²) in [5.74, 6) is 1.68. The van der Waals surface area contributed by atoms with Gasteiger partial charge in [0.25, 0.3) is 0 Å². The molecule has 0 saturated heterocycles. The van der Waals surface area contributed by atoms with Gasteiger partial charge in [-0.25, -0.2) is 0 Å². The quantitative estimate of drug-likeness (QED) is 0.567. The van der Waals surface area contributed by atoms with Crippen molar-refractivity contribution in [1.82, 2.24) is 5.32 Å². The van der Waals surface area contributed by atoms with Crippen LogP contribution in [-0.4, -0.2) is 23.2 Å². The van der Waals surface area contributed by atoms with Crippen molar-refractivity contribution in [3.05, 3.63) is 18.1 Å². The average molecular weight is 282 g/mol. The molecule has 3 N–H and O–H groups in total. The molecule has 4 nitrogen and oxygen atoms in total. The van der Waals surface area contributed by atoms with Crippen molar-refractivity contribution < 1.29 is 9.21 Å². The van der Waals surface area contributed by atoms with Crippen LogP contribution < -0.4 is 11.1 Å². The van der Waals surface area contributed by atoms with Crippen molar-refractivity contribution in [3.8, 4) is 0 Å². The molecular weight excluding hydrogens is 260 g/mol. The third-order valence-corrected chi connectivity index (χ3v) is 4.76. The first kappa shape index (κ1) is 14.5. The number of carbonyl (C=O) groups excluding carboxylic acids is 1. The fraction of sp³-hybridized carbons (Fsp3) is 0.643. The fourth-order valence-corrected chi connectivity index (χ4v) is 2.99. The molecule has 0 aliphatic heterocycles. The van der Waals surface area contributed by atoms with E-state index in [9.17, 15) is 4.79 Å². The van der Waals surface area contributed by atoms with E-state index >= 15 is 0 Å². The summed E-state index contributed by atoms with van der Waals surface area (Å²) in [6.07, 6.45) is 5.76. The zero-order valence-corrected chi connectivity index (χ0v) is 12.4. The van der Waals surface area contributed by atoms with E-state index in [1.54, 1.807) is 18.0 Å². The predicted octanol–water partition coefficient (Wildman–Crippen LogP) is 2.46. The number of hydrogen-bond acceptors (Lipinski definition) is 4. The van der Waals surface area contributed by atoms with Crippen LogP contribution in [0.4, 0.5) is 0 Å². The number of furan rings is 1. The minimum Gasteiger partial charge on any atom is -0.468 e. The van der Waals surface area contributed by atoms with Crippen LogP contribution in [0.2, 0.25) is 0 Å². The number of aryl methyl sites for hydroxylation is 1. The first-order valence-electron chi connectivity index (χ1n) is 6.76. The summed E-state index contributed by atoms with van der Waals surface area (Å²) >= 11 is 1.77. The Morgan fingerprint density at radius 3 is 2.89 bits per heavy atom. The third kappa shape index (κ3) is 4.01. The molecule has 1 unspecified atom stereocenters. The lowest BCUT2D eigenvalue weighted by molar-refractivity contribution is -0.124. The molecule has 1 aliphatic carbocycles. The van der Waals surface area contributed by atoms with E-state index in [1.807, 2.05) is 19.9 Å². The van der Waals surface area contributed by atoms with Gasteiger partial charge >= 0.3 is 0 Å². The Morgan fingerprint density at radius 2 is 2.37 bits per heavy atom. The van der Waals surface area contributed by atoms with Crippen LogP contribution >= 0.6 is 11.8 Å². The number of nitrogens with two attached hydrogens (primary N) is 1. The molecule has 1 aromatic heterocycles. The van der Waals surface area contributed by atoms with Crippen LogP contribution in [0.3, 0.4) is 0 Å². The largest absolute Gasteiger partial charge is 0.468 e. The Morgan fingerprint density at radius 1 is 1.63 bits per heavy atom. The van der Waals surface area contributed by atoms with Gasteiger partial charge in [0.2, 0.25) is 5.91 Å². The molecule has 0 aromatic carbocycles. The van der Waals surface area contributed by atoms with Gasteiger partial charge < -0.3 is 15.5 Å². The Hall–Kier alpha value is -0.940. The molecule has 1 saturated carbocycles. The molecule has 1 atom stereocenters. The van der Waals surface area contributed by atoms with Gasteiger partial charge in [0.15, 0.2) is 0 Å². The number of nitrogens with one attached hydrogen (secondary N) is 1. The molecule has 1 heterocycles. The maximum atomic E-state index is 11.6. The molecule has 19 heavy (non-hydrogen) atoms. The summed E-state index contributed by atoms with van der Waals surface area (Å²) in [7, 11) is 0. The fourth-order valence-electron chi connectivity index (χ4n) is 2.08. The van der Waals surface area contributed by atoms with Crippen LogP contribution in [0, 0.1) is 6.92 Å². The SMILES string of the molecule is Cc1occc1SCCCC(C)(NC1CC1)C(N)=O. The smallest absolute Gasteiger partial charge is 0.237 e. The van der Waals surface area contributed by atoms with E-state index < -0.39 is 5.54 Å². The van der Waals surface area contributed by atoms with E-state index in [-0.39, 0.29) is 5.91 Å². The summed E-state index contributed by atoms with van der Waals surface area (Å²) in [5, 5.41) is 3.37. The van der Waals surface area contributed by atoms with Crippen LogP contribution in [0.15, 0.2) is 21.6 Å². The zero-order chi connectivity index (χ0) is 13.9. The number of thioether (sulfide) groups is 1. The normalized spacial score (nSPS) is 18.2. The second-order valence-corrected chi connectivity index (χ2v) is 6.54. The number of amides is 1. The Kier molecular flexibility index (Phi) is 4.58. The van der Waals surface area contributed by atoms with Gasteiger partial charge in [0.1, 0.15) is 5.76 Å². The Bertz CT molecular complexity index is 442. The maximum absolute atomic E-state index is 11.6. The van der Waals surface area contributed by atoms with Crippen molar-refractivity contribution in [2.75, 3.05) is 5.75 Å². The van der Waals surface area contributed by atoms with Gasteiger partial charge in [0, 0.05) is 10.9 Å². The average Bonchev–Trinajstić information content (AvgIpc) is 3.06. The highest BCUT2D eigenvalue weighted by molar-refractivity contribution is 7.99. The van der Waals surface area contributed by atoms with Gasteiger partial charge in [-0.15, -0.1) is 11.8 Å². The van der Waals surface area contributed by atoms with E-state index in [0.29, 0.717) is 6.04 Å². The van der Waals surface area contributed by atoms with Crippen LogP contribution in [0.5, 0.6) is 0 Å². The van der Waals surface area contributed by atoms with Gasteiger partial charge in [-0.3, -0.25) is 4.79 Å². The molecule has 1 amide bonds. The van der Waals surface area contributed by atoms with Gasteiger partial charge in [-0.2, -0.15) is 0 Å². The number of carbonyl (C=O) groups is 1. The second-order valence-electron chi connectivity index (χ2n) is 5.41. The molecule has 0 spiro atoms. The van der Waals surface area contributed by atoms with Crippen molar-refractivity contribution in [1.29, 1.82) is 0 Å². The molecule has 1 aliphatic rings. The summed E-state index contributed by atoms with van der Waals surface area (Å²) in [6, 6.07) is 2.47. The molecule has 106 valence electrons. The lowest BCUT2D eigenvalue weighted by Crippen LogP contribution is -2.54. The summed E-state index contributed by atoms with van der Waals surface area (Å²) in [4.78, 5) is 12.8. The lowest BCUT2D eigenvalue weighted by atomic mass is 9.95. The zero-order valence-electron chi connectivity index (χ0n) is 11.6. The Balaban J connectivity index is 1.76. The molecule has 5 heteroatoms. The number of rotatable bonds is 8. The minimum absolute atomic E-state index is 0.246. The monoisotopic (exact) mass is 282 g/mol. The molecular formula is C14H22N2O2S. The first-order chi connectivity index (χ1) is 9.01. The topological polar surface area (TPSA) is 68.3 Å². The van der Waals surface area contributed by atoms with Crippen molar-refractivity contribution in [2.45, 2.75) is 56.0 Å². The standard InChI is InChI=1S/C14H22N2O2S/c1-10-12(6-8-18-10)19-9-3-7-14(2,13(15)17)16-11-4-5-11/h6,8,11,16H,3-5,7,9H2,1-2H3,(H2,15,17). The van der Waals surface area contributed by atoms with Gasteiger partial charge in [-0.1, -0.05) is 0 Å². The van der Waals surface area contributed by atoms with Crippen LogP contribution in [0.25, 0.3) is 0 Å².